The number of rotatable bonds is 2. The minimum absolute atomic E-state index is 0.0216. The van der Waals surface area contributed by atoms with Crippen LogP contribution in [-0.2, 0) is 4.79 Å². The monoisotopic (exact) mass is 350 g/mol. The number of hydrogen-bond acceptors (Lipinski definition) is 4. The first-order valence-corrected chi connectivity index (χ1v) is 6.72. The molecule has 0 N–H and O–H groups in total. The minimum Gasteiger partial charge on any atom is -0.274 e. The highest BCUT2D eigenvalue weighted by molar-refractivity contribution is 6.37. The highest BCUT2D eigenvalue weighted by Crippen LogP contribution is 2.32. The van der Waals surface area contributed by atoms with Gasteiger partial charge in [0, 0.05) is 11.9 Å². The smallest absolute Gasteiger partial charge is 0.242 e. The van der Waals surface area contributed by atoms with Crippen molar-refractivity contribution in [3.05, 3.63) is 38.8 Å². The van der Waals surface area contributed by atoms with Crippen molar-refractivity contribution in [1.29, 1.82) is 0 Å². The van der Waals surface area contributed by atoms with Gasteiger partial charge in [-0.2, -0.15) is 15.0 Å². The molecule has 1 aromatic heterocycles. The van der Waals surface area contributed by atoms with E-state index in [2.05, 4.69) is 15.0 Å². The van der Waals surface area contributed by atoms with Gasteiger partial charge in [0.05, 0.1) is 10.7 Å². The Bertz CT molecular complexity index is 659. The van der Waals surface area contributed by atoms with Crippen molar-refractivity contribution >= 4 is 63.9 Å². The van der Waals surface area contributed by atoms with Crippen LogP contribution >= 0.6 is 46.4 Å². The first kappa shape index (κ1) is 15.3. The summed E-state index contributed by atoms with van der Waals surface area (Å²) in [4.78, 5) is 24.4. The predicted molar refractivity (Wildman–Crippen MR) is 79.1 cm³/mol. The Kier molecular flexibility index (Phi) is 4.65. The zero-order chi connectivity index (χ0) is 14.9. The second-order valence-corrected chi connectivity index (χ2v) is 5.14. The number of amides is 1. The lowest BCUT2D eigenvalue weighted by molar-refractivity contribution is -0.115. The zero-order valence-corrected chi connectivity index (χ0v) is 13.0. The molecule has 0 bridgehead atoms. The summed E-state index contributed by atoms with van der Waals surface area (Å²) in [7, 11) is 0. The summed E-state index contributed by atoms with van der Waals surface area (Å²) in [5.41, 5.74) is 0.363. The molecule has 5 nitrogen and oxygen atoms in total. The molecular formula is C11H6Cl4N4O. The Labute approximate surface area is 134 Å². The fourth-order valence-corrected chi connectivity index (χ4v) is 2.34. The number of aromatic nitrogens is 3. The van der Waals surface area contributed by atoms with Crippen LogP contribution in [0.1, 0.15) is 6.92 Å². The van der Waals surface area contributed by atoms with E-state index in [-0.39, 0.29) is 27.4 Å². The van der Waals surface area contributed by atoms with E-state index < -0.39 is 0 Å². The number of halogens is 4. The number of carbonyl (C=O) groups excluding carboxylic acids is 1. The van der Waals surface area contributed by atoms with Crippen LogP contribution in [0.3, 0.4) is 0 Å². The second-order valence-electron chi connectivity index (χ2n) is 3.62. The van der Waals surface area contributed by atoms with Crippen LogP contribution in [0.5, 0.6) is 0 Å². The van der Waals surface area contributed by atoms with Crippen LogP contribution in [0.25, 0.3) is 0 Å². The predicted octanol–water partition coefficient (Wildman–Crippen LogP) is 4.17. The molecular weight excluding hydrogens is 346 g/mol. The lowest BCUT2D eigenvalue weighted by Gasteiger charge is -2.20. The molecule has 1 aromatic carbocycles. The fraction of sp³-hybridized carbons (Fsp3) is 0.0909. The normalized spacial score (nSPS) is 10.4. The van der Waals surface area contributed by atoms with Gasteiger partial charge in [-0.25, -0.2) is 4.90 Å². The largest absolute Gasteiger partial charge is 0.274 e. The van der Waals surface area contributed by atoms with Gasteiger partial charge in [-0.3, -0.25) is 4.79 Å². The lowest BCUT2D eigenvalue weighted by atomic mass is 10.3. The number of hydrogen-bond donors (Lipinski definition) is 0. The number of anilines is 2. The van der Waals surface area contributed by atoms with Crippen LogP contribution in [0.4, 0.5) is 11.6 Å². The minimum atomic E-state index is -0.368. The molecule has 0 aliphatic heterocycles. The van der Waals surface area contributed by atoms with E-state index in [0.717, 1.165) is 4.90 Å². The van der Waals surface area contributed by atoms with E-state index in [9.17, 15) is 4.79 Å². The first-order chi connectivity index (χ1) is 9.38. The van der Waals surface area contributed by atoms with Gasteiger partial charge in [0.15, 0.2) is 0 Å². The molecule has 0 fully saturated rings. The molecule has 0 saturated heterocycles. The van der Waals surface area contributed by atoms with E-state index in [1.54, 1.807) is 12.1 Å². The van der Waals surface area contributed by atoms with E-state index >= 15 is 0 Å². The van der Waals surface area contributed by atoms with Gasteiger partial charge in [0.2, 0.25) is 22.4 Å². The van der Waals surface area contributed by atoms with Gasteiger partial charge >= 0.3 is 0 Å². The van der Waals surface area contributed by atoms with E-state index in [1.165, 1.54) is 13.0 Å². The van der Waals surface area contributed by atoms with Gasteiger partial charge in [-0.15, -0.1) is 0 Å². The molecule has 20 heavy (non-hydrogen) atoms. The summed E-state index contributed by atoms with van der Waals surface area (Å²) < 4.78 is 0. The third-order valence-corrected chi connectivity index (χ3v) is 3.11. The van der Waals surface area contributed by atoms with Gasteiger partial charge in [0.25, 0.3) is 0 Å². The SMILES string of the molecule is CC(=O)N(c1nc(Cl)nc(Cl)n1)c1ccc(Cl)cc1Cl. The quantitative estimate of drug-likeness (QED) is 0.814. The summed E-state index contributed by atoms with van der Waals surface area (Å²) in [6.45, 7) is 1.33. The third-order valence-electron chi connectivity index (χ3n) is 2.23. The maximum absolute atomic E-state index is 11.9. The molecule has 1 heterocycles. The molecule has 0 unspecified atom stereocenters. The summed E-state index contributed by atoms with van der Waals surface area (Å²) in [6, 6.07) is 4.65. The van der Waals surface area contributed by atoms with Gasteiger partial charge < -0.3 is 0 Å². The van der Waals surface area contributed by atoms with Crippen LogP contribution < -0.4 is 4.90 Å². The van der Waals surface area contributed by atoms with Crippen LogP contribution in [0, 0.1) is 0 Å². The molecule has 0 aliphatic carbocycles. The molecule has 2 aromatic rings. The molecule has 0 saturated carbocycles. The van der Waals surface area contributed by atoms with Crippen molar-refractivity contribution in [2.45, 2.75) is 6.92 Å². The van der Waals surface area contributed by atoms with Crippen molar-refractivity contribution in [3.8, 4) is 0 Å². The maximum Gasteiger partial charge on any atom is 0.242 e. The maximum atomic E-state index is 11.9. The summed E-state index contributed by atoms with van der Waals surface area (Å²) in [5, 5.41) is 0.446. The highest BCUT2D eigenvalue weighted by Gasteiger charge is 2.21. The lowest BCUT2D eigenvalue weighted by Crippen LogP contribution is -2.25. The summed E-state index contributed by atoms with van der Waals surface area (Å²) >= 11 is 23.3. The van der Waals surface area contributed by atoms with E-state index in [4.69, 9.17) is 46.4 Å². The van der Waals surface area contributed by atoms with Gasteiger partial charge in [-0.05, 0) is 41.4 Å². The van der Waals surface area contributed by atoms with Crippen molar-refractivity contribution in [2.24, 2.45) is 0 Å². The Morgan fingerprint density at radius 2 is 1.65 bits per heavy atom. The molecule has 0 radical (unpaired) electrons. The Morgan fingerprint density at radius 3 is 2.15 bits per heavy atom. The third kappa shape index (κ3) is 3.30. The average molecular weight is 352 g/mol. The van der Waals surface area contributed by atoms with Crippen LogP contribution in [0.2, 0.25) is 20.6 Å². The van der Waals surface area contributed by atoms with Crippen LogP contribution in [-0.4, -0.2) is 20.9 Å². The van der Waals surface area contributed by atoms with Gasteiger partial charge in [-0.1, -0.05) is 23.2 Å². The Balaban J connectivity index is 2.59. The molecule has 1 amide bonds. The Morgan fingerprint density at radius 1 is 1.05 bits per heavy atom. The number of carbonyl (C=O) groups is 1. The molecule has 0 atom stereocenters. The molecule has 9 heteroatoms. The van der Waals surface area contributed by atoms with Crippen molar-refractivity contribution in [2.75, 3.05) is 4.90 Å². The molecule has 0 aliphatic rings. The topological polar surface area (TPSA) is 59.0 Å². The first-order valence-electron chi connectivity index (χ1n) is 5.21. The van der Waals surface area contributed by atoms with E-state index in [0.29, 0.717) is 10.7 Å². The average Bonchev–Trinajstić information content (AvgIpc) is 2.30. The molecule has 104 valence electrons. The summed E-state index contributed by atoms with van der Waals surface area (Å²) in [6.07, 6.45) is 0. The number of nitrogens with zero attached hydrogens (tertiary/aromatic N) is 4. The second kappa shape index (κ2) is 6.10. The Hall–Kier alpha value is -1.14. The van der Waals surface area contributed by atoms with Gasteiger partial charge in [0.1, 0.15) is 0 Å². The van der Waals surface area contributed by atoms with E-state index in [1.807, 2.05) is 0 Å². The standard InChI is InChI=1S/C11H6Cl4N4O/c1-5(20)19(8-3-2-6(12)4-7(8)13)11-17-9(14)16-10(15)18-11/h2-4H,1H3. The van der Waals surface area contributed by atoms with Crippen molar-refractivity contribution in [1.82, 2.24) is 15.0 Å². The zero-order valence-electron chi connectivity index (χ0n) is 9.94. The number of benzene rings is 1. The molecule has 2 rings (SSSR count). The van der Waals surface area contributed by atoms with Crippen LogP contribution in [0.15, 0.2) is 18.2 Å². The van der Waals surface area contributed by atoms with Crippen molar-refractivity contribution in [3.63, 3.8) is 0 Å². The summed E-state index contributed by atoms with van der Waals surface area (Å²) in [5.74, 6) is -0.390. The molecule has 0 spiro atoms. The van der Waals surface area contributed by atoms with Crippen molar-refractivity contribution < 1.29 is 4.79 Å². The fourth-order valence-electron chi connectivity index (χ4n) is 1.50. The highest BCUT2D eigenvalue weighted by atomic mass is 35.5.